The molecule has 4 aromatic rings. The van der Waals surface area contributed by atoms with E-state index in [0.29, 0.717) is 10.8 Å². The molecule has 0 unspecified atom stereocenters. The van der Waals surface area contributed by atoms with Crippen molar-refractivity contribution in [1.82, 2.24) is 14.6 Å². The van der Waals surface area contributed by atoms with Crippen molar-refractivity contribution in [2.45, 2.75) is 12.1 Å². The normalized spacial score (nSPS) is 11.1. The number of amides is 1. The summed E-state index contributed by atoms with van der Waals surface area (Å²) >= 11 is 1.14. The number of carbonyl (C=O) groups is 1. The minimum absolute atomic E-state index is 0.0728. The minimum Gasteiger partial charge on any atom is -0.320 e. The third-order valence-electron chi connectivity index (χ3n) is 4.34. The highest BCUT2D eigenvalue weighted by molar-refractivity contribution is 7.99. The predicted molar refractivity (Wildman–Crippen MR) is 108 cm³/mol. The molecule has 0 aliphatic rings. The number of aryl methyl sites for hydroxylation is 1. The van der Waals surface area contributed by atoms with Gasteiger partial charge in [-0.1, -0.05) is 30.0 Å². The molecule has 8 nitrogen and oxygen atoms in total. The van der Waals surface area contributed by atoms with E-state index in [-0.39, 0.29) is 17.1 Å². The molecule has 0 saturated carbocycles. The number of halogens is 1. The summed E-state index contributed by atoms with van der Waals surface area (Å²) in [4.78, 5) is 22.7. The van der Waals surface area contributed by atoms with Gasteiger partial charge in [0.1, 0.15) is 11.5 Å². The van der Waals surface area contributed by atoms with Crippen LogP contribution in [-0.2, 0) is 4.79 Å². The van der Waals surface area contributed by atoms with E-state index in [1.54, 1.807) is 0 Å². The fourth-order valence-electron chi connectivity index (χ4n) is 3.05. The second kappa shape index (κ2) is 7.47. The van der Waals surface area contributed by atoms with Crippen molar-refractivity contribution in [3.05, 3.63) is 70.0 Å². The van der Waals surface area contributed by atoms with Crippen molar-refractivity contribution < 1.29 is 14.1 Å². The first-order chi connectivity index (χ1) is 13.9. The van der Waals surface area contributed by atoms with Crippen LogP contribution >= 0.6 is 11.8 Å². The molecule has 0 spiro atoms. The third-order valence-corrected chi connectivity index (χ3v) is 5.26. The van der Waals surface area contributed by atoms with Crippen molar-refractivity contribution in [1.29, 1.82) is 0 Å². The molecule has 0 radical (unpaired) electrons. The molecule has 0 bridgehead atoms. The van der Waals surface area contributed by atoms with Crippen molar-refractivity contribution in [3.63, 3.8) is 0 Å². The van der Waals surface area contributed by atoms with Gasteiger partial charge < -0.3 is 5.32 Å². The van der Waals surface area contributed by atoms with E-state index in [1.165, 1.54) is 0 Å². The van der Waals surface area contributed by atoms with E-state index in [2.05, 4.69) is 15.5 Å². The molecular weight excluding hydrogens is 397 g/mol. The van der Waals surface area contributed by atoms with Crippen LogP contribution < -0.4 is 5.32 Å². The molecule has 0 aliphatic heterocycles. The van der Waals surface area contributed by atoms with Gasteiger partial charge in [-0.3, -0.25) is 19.3 Å². The molecule has 2 aromatic carbocycles. The molecule has 2 heterocycles. The van der Waals surface area contributed by atoms with Crippen LogP contribution in [0.2, 0.25) is 0 Å². The fourth-order valence-corrected chi connectivity index (χ4v) is 3.80. The minimum atomic E-state index is -0.678. The maximum Gasteiger partial charge on any atom is 0.292 e. The second-order valence-electron chi connectivity index (χ2n) is 6.28. The Morgan fingerprint density at radius 1 is 1.24 bits per heavy atom. The molecule has 0 saturated heterocycles. The summed E-state index contributed by atoms with van der Waals surface area (Å²) in [5.41, 5.74) is 2.07. The number of aromatic nitrogens is 3. The number of fused-ring (bicyclic) bond motifs is 3. The van der Waals surface area contributed by atoms with Crippen LogP contribution in [0.15, 0.2) is 53.7 Å². The quantitative estimate of drug-likeness (QED) is 0.303. The van der Waals surface area contributed by atoms with Crippen LogP contribution in [0, 0.1) is 22.9 Å². The van der Waals surface area contributed by atoms with E-state index < -0.39 is 16.6 Å². The number of benzene rings is 2. The Kier molecular flexibility index (Phi) is 4.85. The first kappa shape index (κ1) is 18.8. The topological polar surface area (TPSA) is 102 Å². The van der Waals surface area contributed by atoms with Gasteiger partial charge in [0.15, 0.2) is 10.8 Å². The lowest BCUT2D eigenvalue weighted by atomic mass is 10.1. The summed E-state index contributed by atoms with van der Waals surface area (Å²) in [5, 5.41) is 23.3. The standard InChI is InChI=1S/C19H14FN5O3S/c1-11-8-17-22-23-19(24(17)15-5-3-2-4-13(11)15)29-10-18(26)21-14-9-12(20)6-7-16(14)25(27)28/h2-9H,10H2,1H3,(H,21,26). The van der Waals surface area contributed by atoms with E-state index in [4.69, 9.17) is 0 Å². The highest BCUT2D eigenvalue weighted by Crippen LogP contribution is 2.27. The number of anilines is 1. The molecule has 1 N–H and O–H groups in total. The molecule has 4 rings (SSSR count). The SMILES string of the molecule is Cc1cc2nnc(SCC(=O)Nc3cc(F)ccc3[N+](=O)[O-])n2c2ccccc12. The third kappa shape index (κ3) is 3.61. The molecule has 2 aromatic heterocycles. The predicted octanol–water partition coefficient (Wildman–Crippen LogP) is 3.97. The monoisotopic (exact) mass is 411 g/mol. The lowest BCUT2D eigenvalue weighted by Gasteiger charge is -2.08. The molecule has 29 heavy (non-hydrogen) atoms. The van der Waals surface area contributed by atoms with E-state index in [1.807, 2.05) is 41.7 Å². The van der Waals surface area contributed by atoms with Gasteiger partial charge in [-0.05, 0) is 30.7 Å². The molecular formula is C19H14FN5O3S. The van der Waals surface area contributed by atoms with Crippen molar-refractivity contribution in [2.75, 3.05) is 11.1 Å². The lowest BCUT2D eigenvalue weighted by Crippen LogP contribution is -2.15. The van der Waals surface area contributed by atoms with Gasteiger partial charge in [0, 0.05) is 17.5 Å². The highest BCUT2D eigenvalue weighted by Gasteiger charge is 2.18. The van der Waals surface area contributed by atoms with Crippen molar-refractivity contribution in [3.8, 4) is 0 Å². The summed E-state index contributed by atoms with van der Waals surface area (Å²) in [6.07, 6.45) is 0. The van der Waals surface area contributed by atoms with Gasteiger partial charge in [0.2, 0.25) is 5.91 Å². The lowest BCUT2D eigenvalue weighted by molar-refractivity contribution is -0.384. The number of nitrogens with one attached hydrogen (secondary N) is 1. The molecule has 10 heteroatoms. The second-order valence-corrected chi connectivity index (χ2v) is 7.22. The zero-order valence-corrected chi connectivity index (χ0v) is 15.9. The average Bonchev–Trinajstić information content (AvgIpc) is 3.09. The Balaban J connectivity index is 1.58. The number of hydrogen-bond acceptors (Lipinski definition) is 6. The van der Waals surface area contributed by atoms with Gasteiger partial charge in [0.25, 0.3) is 5.69 Å². The Morgan fingerprint density at radius 3 is 2.83 bits per heavy atom. The Labute approximate surface area is 167 Å². The molecule has 0 aliphatic carbocycles. The number of rotatable bonds is 5. The highest BCUT2D eigenvalue weighted by atomic mass is 32.2. The number of nitro groups is 1. The average molecular weight is 411 g/mol. The van der Waals surface area contributed by atoms with E-state index in [0.717, 1.165) is 46.4 Å². The number of nitro benzene ring substituents is 1. The van der Waals surface area contributed by atoms with Gasteiger partial charge >= 0.3 is 0 Å². The summed E-state index contributed by atoms with van der Waals surface area (Å²) in [7, 11) is 0. The van der Waals surface area contributed by atoms with Crippen LogP contribution in [0.4, 0.5) is 15.8 Å². The molecule has 146 valence electrons. The van der Waals surface area contributed by atoms with Gasteiger partial charge in [-0.15, -0.1) is 10.2 Å². The smallest absolute Gasteiger partial charge is 0.292 e. The molecule has 0 atom stereocenters. The maximum absolute atomic E-state index is 13.4. The van der Waals surface area contributed by atoms with E-state index >= 15 is 0 Å². The first-order valence-electron chi connectivity index (χ1n) is 8.54. The number of pyridine rings is 1. The van der Waals surface area contributed by atoms with Crippen molar-refractivity contribution >= 4 is 45.6 Å². The molecule has 1 amide bonds. The summed E-state index contributed by atoms with van der Waals surface area (Å²) in [6.45, 7) is 1.99. The van der Waals surface area contributed by atoms with E-state index in [9.17, 15) is 19.3 Å². The fraction of sp³-hybridized carbons (Fsp3) is 0.105. The number of nitrogens with zero attached hydrogens (tertiary/aromatic N) is 4. The number of carbonyl (C=O) groups excluding carboxylic acids is 1. The summed E-state index contributed by atoms with van der Waals surface area (Å²) in [6, 6.07) is 12.6. The Bertz CT molecular complexity index is 1270. The van der Waals surface area contributed by atoms with Crippen LogP contribution in [0.3, 0.4) is 0 Å². The van der Waals surface area contributed by atoms with Crippen LogP contribution in [-0.4, -0.2) is 31.2 Å². The number of hydrogen-bond donors (Lipinski definition) is 1. The van der Waals surface area contributed by atoms with Crippen molar-refractivity contribution in [2.24, 2.45) is 0 Å². The number of para-hydroxylation sites is 1. The summed E-state index contributed by atoms with van der Waals surface area (Å²) in [5.74, 6) is -1.27. The van der Waals surface area contributed by atoms with Gasteiger partial charge in [0.05, 0.1) is 16.2 Å². The largest absolute Gasteiger partial charge is 0.320 e. The van der Waals surface area contributed by atoms with Gasteiger partial charge in [-0.25, -0.2) is 4.39 Å². The van der Waals surface area contributed by atoms with Gasteiger partial charge in [-0.2, -0.15) is 0 Å². The maximum atomic E-state index is 13.4. The zero-order chi connectivity index (χ0) is 20.5. The van der Waals surface area contributed by atoms with Crippen LogP contribution in [0.5, 0.6) is 0 Å². The molecule has 0 fully saturated rings. The Morgan fingerprint density at radius 2 is 2.03 bits per heavy atom. The zero-order valence-electron chi connectivity index (χ0n) is 15.1. The summed E-state index contributed by atoms with van der Waals surface area (Å²) < 4.78 is 15.3. The first-order valence-corrected chi connectivity index (χ1v) is 9.52. The van der Waals surface area contributed by atoms with Crippen LogP contribution in [0.1, 0.15) is 5.56 Å². The van der Waals surface area contributed by atoms with Crippen LogP contribution in [0.25, 0.3) is 16.6 Å². The Hall–Kier alpha value is -3.53. The number of thioether (sulfide) groups is 1.